The highest BCUT2D eigenvalue weighted by molar-refractivity contribution is 5.64. The standard InChI is InChI=1S/C10H9F3N4/c1-6-3-4-14-15-8(6)7-5-17(2)16-9(7)10(11,12)13/h3-5H,1-2H3. The molecule has 0 saturated carbocycles. The summed E-state index contributed by atoms with van der Waals surface area (Å²) in [5.74, 6) is 0. The van der Waals surface area contributed by atoms with Crippen molar-refractivity contribution in [1.29, 1.82) is 0 Å². The lowest BCUT2D eigenvalue weighted by molar-refractivity contribution is -0.141. The number of alkyl halides is 3. The monoisotopic (exact) mass is 242 g/mol. The van der Waals surface area contributed by atoms with E-state index in [4.69, 9.17) is 0 Å². The first-order valence-electron chi connectivity index (χ1n) is 4.79. The van der Waals surface area contributed by atoms with Gasteiger partial charge in [0.05, 0.1) is 11.3 Å². The second-order valence-electron chi connectivity index (χ2n) is 3.63. The van der Waals surface area contributed by atoms with E-state index in [0.29, 0.717) is 5.56 Å². The van der Waals surface area contributed by atoms with Gasteiger partial charge in [-0.15, -0.1) is 0 Å². The molecule has 0 amide bonds. The summed E-state index contributed by atoms with van der Waals surface area (Å²) in [6.07, 6.45) is -1.77. The van der Waals surface area contributed by atoms with E-state index in [-0.39, 0.29) is 11.3 Å². The molecule has 0 spiro atoms. The van der Waals surface area contributed by atoms with Gasteiger partial charge < -0.3 is 0 Å². The molecule has 0 N–H and O–H groups in total. The minimum absolute atomic E-state index is 0.0504. The van der Waals surface area contributed by atoms with Gasteiger partial charge in [-0.2, -0.15) is 28.5 Å². The molecule has 7 heteroatoms. The van der Waals surface area contributed by atoms with Crippen molar-refractivity contribution in [3.63, 3.8) is 0 Å². The summed E-state index contributed by atoms with van der Waals surface area (Å²) < 4.78 is 39.4. The maximum atomic E-state index is 12.8. The number of hydrogen-bond acceptors (Lipinski definition) is 3. The van der Waals surface area contributed by atoms with Gasteiger partial charge in [-0.1, -0.05) is 0 Å². The zero-order valence-corrected chi connectivity index (χ0v) is 9.15. The molecule has 2 heterocycles. The predicted molar refractivity (Wildman–Crippen MR) is 54.0 cm³/mol. The molecular weight excluding hydrogens is 233 g/mol. The zero-order chi connectivity index (χ0) is 12.6. The maximum absolute atomic E-state index is 12.8. The van der Waals surface area contributed by atoms with Gasteiger partial charge in [-0.3, -0.25) is 4.68 Å². The Labute approximate surface area is 95.1 Å². The van der Waals surface area contributed by atoms with Gasteiger partial charge in [0, 0.05) is 19.4 Å². The average Bonchev–Trinajstić information content (AvgIpc) is 2.60. The van der Waals surface area contributed by atoms with E-state index in [2.05, 4.69) is 15.3 Å². The van der Waals surface area contributed by atoms with Crippen LogP contribution in [0.2, 0.25) is 0 Å². The van der Waals surface area contributed by atoms with Crippen LogP contribution in [-0.2, 0) is 13.2 Å². The normalized spacial score (nSPS) is 11.8. The molecule has 0 aliphatic heterocycles. The summed E-state index contributed by atoms with van der Waals surface area (Å²) in [5.41, 5.74) is -0.166. The van der Waals surface area contributed by atoms with Gasteiger partial charge in [0.25, 0.3) is 0 Å². The highest BCUT2D eigenvalue weighted by atomic mass is 19.4. The van der Waals surface area contributed by atoms with Gasteiger partial charge in [0.2, 0.25) is 0 Å². The Hall–Kier alpha value is -1.92. The van der Waals surface area contributed by atoms with E-state index in [1.54, 1.807) is 13.0 Å². The van der Waals surface area contributed by atoms with Crippen LogP contribution in [0.5, 0.6) is 0 Å². The van der Waals surface area contributed by atoms with Crippen LogP contribution < -0.4 is 0 Å². The molecule has 0 aromatic carbocycles. The van der Waals surface area contributed by atoms with Crippen LogP contribution >= 0.6 is 0 Å². The highest BCUT2D eigenvalue weighted by Gasteiger charge is 2.38. The van der Waals surface area contributed by atoms with Crippen molar-refractivity contribution in [1.82, 2.24) is 20.0 Å². The first-order valence-corrected chi connectivity index (χ1v) is 4.79. The number of hydrogen-bond donors (Lipinski definition) is 0. The molecule has 0 aliphatic rings. The number of aryl methyl sites for hydroxylation is 2. The molecule has 0 fully saturated rings. The van der Waals surface area contributed by atoms with Crippen molar-refractivity contribution in [2.75, 3.05) is 0 Å². The Balaban J connectivity index is 2.64. The molecule has 0 radical (unpaired) electrons. The maximum Gasteiger partial charge on any atom is 0.435 e. The van der Waals surface area contributed by atoms with Crippen LogP contribution in [0.1, 0.15) is 11.3 Å². The zero-order valence-electron chi connectivity index (χ0n) is 9.15. The fourth-order valence-electron chi connectivity index (χ4n) is 1.53. The fraction of sp³-hybridized carbons (Fsp3) is 0.300. The smallest absolute Gasteiger partial charge is 0.275 e. The number of rotatable bonds is 1. The largest absolute Gasteiger partial charge is 0.435 e. The van der Waals surface area contributed by atoms with Gasteiger partial charge in [0.15, 0.2) is 5.69 Å². The summed E-state index contributed by atoms with van der Waals surface area (Å²) >= 11 is 0. The number of nitrogens with zero attached hydrogens (tertiary/aromatic N) is 4. The molecule has 90 valence electrons. The summed E-state index contributed by atoms with van der Waals surface area (Å²) in [4.78, 5) is 0. The minimum atomic E-state index is -4.50. The SMILES string of the molecule is Cc1ccnnc1-c1cn(C)nc1C(F)(F)F. The molecular formula is C10H9F3N4. The molecule has 17 heavy (non-hydrogen) atoms. The van der Waals surface area contributed by atoms with Gasteiger partial charge in [-0.05, 0) is 18.6 Å². The van der Waals surface area contributed by atoms with Crippen LogP contribution in [-0.4, -0.2) is 20.0 Å². The van der Waals surface area contributed by atoms with Crippen LogP contribution in [0, 0.1) is 6.92 Å². The van der Waals surface area contributed by atoms with E-state index < -0.39 is 11.9 Å². The average molecular weight is 242 g/mol. The van der Waals surface area contributed by atoms with E-state index in [1.165, 1.54) is 19.4 Å². The molecule has 0 atom stereocenters. The molecule has 0 aliphatic carbocycles. The van der Waals surface area contributed by atoms with E-state index in [1.807, 2.05) is 0 Å². The van der Waals surface area contributed by atoms with Crippen molar-refractivity contribution >= 4 is 0 Å². The van der Waals surface area contributed by atoms with E-state index in [9.17, 15) is 13.2 Å². The summed E-state index contributed by atoms with van der Waals surface area (Å²) in [7, 11) is 1.43. The molecule has 2 aromatic rings. The minimum Gasteiger partial charge on any atom is -0.275 e. The first kappa shape index (κ1) is 11.6. The lowest BCUT2D eigenvalue weighted by Crippen LogP contribution is -2.09. The lowest BCUT2D eigenvalue weighted by Gasteiger charge is -2.06. The van der Waals surface area contributed by atoms with Crippen molar-refractivity contribution in [3.8, 4) is 11.3 Å². The summed E-state index contributed by atoms with van der Waals surface area (Å²) in [5, 5.41) is 10.8. The topological polar surface area (TPSA) is 43.6 Å². The number of halogens is 3. The Morgan fingerprint density at radius 2 is 2.00 bits per heavy atom. The third-order valence-corrected chi connectivity index (χ3v) is 2.27. The fourth-order valence-corrected chi connectivity index (χ4v) is 1.53. The summed E-state index contributed by atoms with van der Waals surface area (Å²) in [6.45, 7) is 1.68. The van der Waals surface area contributed by atoms with Crippen LogP contribution in [0.4, 0.5) is 13.2 Å². The van der Waals surface area contributed by atoms with Crippen LogP contribution in [0.25, 0.3) is 11.3 Å². The van der Waals surface area contributed by atoms with Crippen molar-refractivity contribution in [2.24, 2.45) is 7.05 Å². The first-order chi connectivity index (χ1) is 7.89. The van der Waals surface area contributed by atoms with Crippen molar-refractivity contribution in [3.05, 3.63) is 29.7 Å². The third-order valence-electron chi connectivity index (χ3n) is 2.27. The Kier molecular flexibility index (Phi) is 2.60. The predicted octanol–water partition coefficient (Wildman–Crippen LogP) is 2.20. The van der Waals surface area contributed by atoms with E-state index >= 15 is 0 Å². The van der Waals surface area contributed by atoms with Gasteiger partial charge in [-0.25, -0.2) is 0 Å². The highest BCUT2D eigenvalue weighted by Crippen LogP contribution is 2.35. The Bertz CT molecular complexity index is 545. The van der Waals surface area contributed by atoms with E-state index in [0.717, 1.165) is 4.68 Å². The molecule has 0 bridgehead atoms. The Morgan fingerprint density at radius 3 is 2.59 bits per heavy atom. The third kappa shape index (κ3) is 2.13. The van der Waals surface area contributed by atoms with Gasteiger partial charge >= 0.3 is 6.18 Å². The molecule has 2 aromatic heterocycles. The molecule has 4 nitrogen and oxygen atoms in total. The summed E-state index contributed by atoms with van der Waals surface area (Å²) in [6, 6.07) is 1.61. The van der Waals surface area contributed by atoms with Gasteiger partial charge in [0.1, 0.15) is 0 Å². The lowest BCUT2D eigenvalue weighted by atomic mass is 10.1. The van der Waals surface area contributed by atoms with Crippen LogP contribution in [0.15, 0.2) is 18.5 Å². The molecule has 2 rings (SSSR count). The Morgan fingerprint density at radius 1 is 1.29 bits per heavy atom. The molecule has 0 unspecified atom stereocenters. The molecule has 0 saturated heterocycles. The quantitative estimate of drug-likeness (QED) is 0.770. The second-order valence-corrected chi connectivity index (χ2v) is 3.63. The van der Waals surface area contributed by atoms with Crippen molar-refractivity contribution in [2.45, 2.75) is 13.1 Å². The van der Waals surface area contributed by atoms with Crippen molar-refractivity contribution < 1.29 is 13.2 Å². The van der Waals surface area contributed by atoms with Crippen LogP contribution in [0.3, 0.4) is 0 Å². The second kappa shape index (κ2) is 3.83. The number of aromatic nitrogens is 4.